The van der Waals surface area contributed by atoms with Crippen LogP contribution < -0.4 is 0 Å². The van der Waals surface area contributed by atoms with Gasteiger partial charge < -0.3 is 4.74 Å². The molecular formula is C10H20O2. The summed E-state index contributed by atoms with van der Waals surface area (Å²) >= 11 is 0. The first-order valence-corrected chi connectivity index (χ1v) is 4.68. The van der Waals surface area contributed by atoms with Crippen LogP contribution in [0.4, 0.5) is 0 Å². The molecule has 0 rings (SSSR count). The van der Waals surface area contributed by atoms with E-state index in [1.165, 1.54) is 0 Å². The average Bonchev–Trinajstić information content (AvgIpc) is 2.01. The van der Waals surface area contributed by atoms with Gasteiger partial charge in [-0.05, 0) is 25.7 Å². The number of hydrogen-bond donors (Lipinski definition) is 0. The molecule has 0 aromatic rings. The third-order valence-corrected chi connectivity index (χ3v) is 2.57. The fourth-order valence-electron chi connectivity index (χ4n) is 1.12. The largest absolute Gasteiger partial charge is 0.461 e. The van der Waals surface area contributed by atoms with Gasteiger partial charge in [-0.2, -0.15) is 0 Å². The molecular weight excluding hydrogens is 152 g/mol. The van der Waals surface area contributed by atoms with Crippen LogP contribution in [0.1, 0.15) is 47.0 Å². The van der Waals surface area contributed by atoms with E-state index in [0.717, 1.165) is 19.3 Å². The molecule has 0 aliphatic rings. The van der Waals surface area contributed by atoms with Crippen LogP contribution >= 0.6 is 0 Å². The van der Waals surface area contributed by atoms with Crippen LogP contribution in [0.3, 0.4) is 0 Å². The van der Waals surface area contributed by atoms with E-state index in [1.54, 1.807) is 0 Å². The summed E-state index contributed by atoms with van der Waals surface area (Å²) < 4.78 is 5.11. The Morgan fingerprint density at radius 1 is 1.50 bits per heavy atom. The van der Waals surface area contributed by atoms with E-state index in [2.05, 4.69) is 20.8 Å². The van der Waals surface area contributed by atoms with Crippen LogP contribution in [0, 0.1) is 5.92 Å². The maximum absolute atomic E-state index is 10.3. The standard InChI is InChI=1S/C10H20O2/c1-5-6-7-10(4,9(2)3)12-8-11/h8-9H,5-7H2,1-4H3. The van der Waals surface area contributed by atoms with Crippen molar-refractivity contribution in [2.24, 2.45) is 5.92 Å². The average molecular weight is 172 g/mol. The summed E-state index contributed by atoms with van der Waals surface area (Å²) in [4.78, 5) is 10.3. The van der Waals surface area contributed by atoms with Crippen molar-refractivity contribution in [1.29, 1.82) is 0 Å². The van der Waals surface area contributed by atoms with Crippen molar-refractivity contribution >= 4 is 6.47 Å². The van der Waals surface area contributed by atoms with Crippen molar-refractivity contribution in [2.75, 3.05) is 0 Å². The zero-order chi connectivity index (χ0) is 9.61. The van der Waals surface area contributed by atoms with Gasteiger partial charge in [0.15, 0.2) is 0 Å². The second kappa shape index (κ2) is 5.18. The molecule has 1 atom stereocenters. The van der Waals surface area contributed by atoms with Crippen molar-refractivity contribution in [3.8, 4) is 0 Å². The van der Waals surface area contributed by atoms with E-state index >= 15 is 0 Å². The van der Waals surface area contributed by atoms with E-state index in [4.69, 9.17) is 4.74 Å². The van der Waals surface area contributed by atoms with E-state index in [9.17, 15) is 4.79 Å². The SMILES string of the molecule is CCCCC(C)(OC=O)C(C)C. The molecule has 0 aromatic heterocycles. The molecule has 0 heterocycles. The molecule has 0 bridgehead atoms. The summed E-state index contributed by atoms with van der Waals surface area (Å²) in [6, 6.07) is 0. The quantitative estimate of drug-likeness (QED) is 0.576. The molecule has 72 valence electrons. The molecule has 0 N–H and O–H groups in total. The van der Waals surface area contributed by atoms with Gasteiger partial charge in [0.05, 0.1) is 0 Å². The van der Waals surface area contributed by atoms with Gasteiger partial charge in [-0.25, -0.2) is 0 Å². The molecule has 0 aromatic carbocycles. The van der Waals surface area contributed by atoms with Crippen LogP contribution in [0.5, 0.6) is 0 Å². The molecule has 0 saturated carbocycles. The number of rotatable bonds is 6. The van der Waals surface area contributed by atoms with Crippen molar-refractivity contribution in [3.05, 3.63) is 0 Å². The van der Waals surface area contributed by atoms with E-state index < -0.39 is 0 Å². The monoisotopic (exact) mass is 172 g/mol. The minimum Gasteiger partial charge on any atom is -0.461 e. The number of ether oxygens (including phenoxy) is 1. The summed E-state index contributed by atoms with van der Waals surface area (Å²) in [5, 5.41) is 0. The Balaban J connectivity index is 4.07. The molecule has 0 radical (unpaired) electrons. The summed E-state index contributed by atoms with van der Waals surface area (Å²) in [5.74, 6) is 0.384. The molecule has 0 aliphatic carbocycles. The van der Waals surface area contributed by atoms with Crippen molar-refractivity contribution in [3.63, 3.8) is 0 Å². The van der Waals surface area contributed by atoms with Crippen molar-refractivity contribution in [1.82, 2.24) is 0 Å². The first-order chi connectivity index (χ1) is 5.56. The third kappa shape index (κ3) is 3.24. The minimum atomic E-state index is -0.266. The van der Waals surface area contributed by atoms with Crippen LogP contribution in [-0.2, 0) is 9.53 Å². The third-order valence-electron chi connectivity index (χ3n) is 2.57. The van der Waals surface area contributed by atoms with Crippen LogP contribution in [0.15, 0.2) is 0 Å². The lowest BCUT2D eigenvalue weighted by atomic mass is 9.87. The zero-order valence-electron chi connectivity index (χ0n) is 8.59. The fourth-order valence-corrected chi connectivity index (χ4v) is 1.12. The number of unbranched alkanes of at least 4 members (excludes halogenated alkanes) is 1. The molecule has 0 aliphatic heterocycles. The summed E-state index contributed by atoms with van der Waals surface area (Å²) in [6.45, 7) is 8.87. The topological polar surface area (TPSA) is 26.3 Å². The lowest BCUT2D eigenvalue weighted by Crippen LogP contribution is -2.34. The Kier molecular flexibility index (Phi) is 4.95. The maximum atomic E-state index is 10.3. The maximum Gasteiger partial charge on any atom is 0.293 e. The molecule has 2 heteroatoms. The molecule has 0 fully saturated rings. The number of carbonyl (C=O) groups is 1. The lowest BCUT2D eigenvalue weighted by molar-refractivity contribution is -0.147. The van der Waals surface area contributed by atoms with Crippen molar-refractivity contribution in [2.45, 2.75) is 52.6 Å². The van der Waals surface area contributed by atoms with Gasteiger partial charge >= 0.3 is 0 Å². The Morgan fingerprint density at radius 2 is 2.08 bits per heavy atom. The lowest BCUT2D eigenvalue weighted by Gasteiger charge is -2.31. The highest BCUT2D eigenvalue weighted by Gasteiger charge is 2.28. The molecule has 12 heavy (non-hydrogen) atoms. The fraction of sp³-hybridized carbons (Fsp3) is 0.900. The second-order valence-corrected chi connectivity index (χ2v) is 3.78. The first kappa shape index (κ1) is 11.5. The minimum absolute atomic E-state index is 0.266. The van der Waals surface area contributed by atoms with Gasteiger partial charge in [-0.3, -0.25) is 4.79 Å². The molecule has 0 saturated heterocycles. The molecule has 1 unspecified atom stereocenters. The summed E-state index contributed by atoms with van der Waals surface area (Å²) in [7, 11) is 0. The predicted molar refractivity (Wildman–Crippen MR) is 49.9 cm³/mol. The molecule has 2 nitrogen and oxygen atoms in total. The zero-order valence-corrected chi connectivity index (χ0v) is 8.59. The molecule has 0 amide bonds. The molecule has 0 spiro atoms. The van der Waals surface area contributed by atoms with Crippen LogP contribution in [0.25, 0.3) is 0 Å². The highest BCUT2D eigenvalue weighted by Crippen LogP contribution is 2.26. The van der Waals surface area contributed by atoms with E-state index in [1.807, 2.05) is 6.92 Å². The van der Waals surface area contributed by atoms with Gasteiger partial charge in [-0.1, -0.05) is 27.2 Å². The Labute approximate surface area is 75.3 Å². The summed E-state index contributed by atoms with van der Waals surface area (Å²) in [5.41, 5.74) is -0.266. The van der Waals surface area contributed by atoms with Crippen LogP contribution in [0.2, 0.25) is 0 Å². The van der Waals surface area contributed by atoms with Gasteiger partial charge in [-0.15, -0.1) is 0 Å². The number of hydrogen-bond acceptors (Lipinski definition) is 2. The highest BCUT2D eigenvalue weighted by atomic mass is 16.5. The van der Waals surface area contributed by atoms with Gasteiger partial charge in [0.1, 0.15) is 5.60 Å². The Hall–Kier alpha value is -0.530. The van der Waals surface area contributed by atoms with Gasteiger partial charge in [0, 0.05) is 0 Å². The number of carbonyl (C=O) groups excluding carboxylic acids is 1. The predicted octanol–water partition coefficient (Wildman–Crippen LogP) is 2.76. The van der Waals surface area contributed by atoms with E-state index in [-0.39, 0.29) is 5.60 Å². The van der Waals surface area contributed by atoms with Crippen molar-refractivity contribution < 1.29 is 9.53 Å². The smallest absolute Gasteiger partial charge is 0.293 e. The highest BCUT2D eigenvalue weighted by molar-refractivity contribution is 5.38. The van der Waals surface area contributed by atoms with E-state index in [0.29, 0.717) is 12.4 Å². The normalized spacial score (nSPS) is 15.8. The van der Waals surface area contributed by atoms with Gasteiger partial charge in [0.25, 0.3) is 6.47 Å². The Morgan fingerprint density at radius 3 is 2.42 bits per heavy atom. The second-order valence-electron chi connectivity index (χ2n) is 3.78. The van der Waals surface area contributed by atoms with Crippen LogP contribution in [-0.4, -0.2) is 12.1 Å². The Bertz CT molecular complexity index is 132. The summed E-state index contributed by atoms with van der Waals surface area (Å²) in [6.07, 6.45) is 3.22. The first-order valence-electron chi connectivity index (χ1n) is 4.68. The van der Waals surface area contributed by atoms with Gasteiger partial charge in [0.2, 0.25) is 0 Å².